The first-order chi connectivity index (χ1) is 16.4. The summed E-state index contributed by atoms with van der Waals surface area (Å²) in [4.78, 5) is 0. The van der Waals surface area contributed by atoms with Crippen LogP contribution in [0, 0.1) is 17.5 Å². The number of hydrogen-bond donors (Lipinski definition) is 0. The molecule has 4 rings (SSSR count). The molecule has 176 valence electrons. The molecule has 0 aliphatic heterocycles. The van der Waals surface area contributed by atoms with Crippen molar-refractivity contribution in [1.29, 1.82) is 0 Å². The summed E-state index contributed by atoms with van der Waals surface area (Å²) < 4.78 is 72.1. The molecule has 0 fully saturated rings. The smallest absolute Gasteiger partial charge is 0.387 e. The monoisotopic (exact) mass is 470 g/mol. The Kier molecular flexibility index (Phi) is 7.15. The summed E-state index contributed by atoms with van der Waals surface area (Å²) in [6.07, 6.45) is 4.57. The molecule has 0 N–H and O–H groups in total. The summed E-state index contributed by atoms with van der Waals surface area (Å²) in [6.45, 7) is -1.20. The Morgan fingerprint density at radius 1 is 0.735 bits per heavy atom. The molecule has 4 aromatic carbocycles. The van der Waals surface area contributed by atoms with Crippen molar-refractivity contribution in [1.82, 2.24) is 0 Å². The molecule has 0 amide bonds. The van der Waals surface area contributed by atoms with Crippen LogP contribution in [0.25, 0.3) is 33.0 Å². The minimum Gasteiger partial charge on any atom is -0.429 e. The molecule has 0 spiro atoms. The summed E-state index contributed by atoms with van der Waals surface area (Å²) in [6, 6.07) is 18.2. The van der Waals surface area contributed by atoms with Crippen molar-refractivity contribution < 1.29 is 26.7 Å². The third kappa shape index (κ3) is 5.06. The van der Waals surface area contributed by atoms with Crippen molar-refractivity contribution in [3.05, 3.63) is 89.7 Å². The summed E-state index contributed by atoms with van der Waals surface area (Å²) >= 11 is 0. The fourth-order valence-corrected chi connectivity index (χ4v) is 4.05. The number of alkyl halides is 2. The first-order valence-corrected chi connectivity index (χ1v) is 11.1. The standard InChI is InChI=1S/C28H23F5O/c1-2-3-4-5-17-6-8-18(9-7-17)19-10-12-22-20(14-19)11-13-23(26(22)31)21-15-24(29)27(25(30)16-21)34-28(32)33/h6-16,28H,2-5H2,1H3. The molecule has 0 heterocycles. The number of fused-ring (bicyclic) bond motifs is 1. The second-order valence-electron chi connectivity index (χ2n) is 8.16. The van der Waals surface area contributed by atoms with E-state index in [1.54, 1.807) is 18.2 Å². The molecule has 0 saturated heterocycles. The van der Waals surface area contributed by atoms with Gasteiger partial charge in [0.25, 0.3) is 0 Å². The van der Waals surface area contributed by atoms with Gasteiger partial charge in [-0.15, -0.1) is 0 Å². The van der Waals surface area contributed by atoms with E-state index < -0.39 is 29.8 Å². The SMILES string of the molecule is CCCCCc1ccc(-c2ccc3c(F)c(-c4cc(F)c(OC(F)F)c(F)c4)ccc3c2)cc1. The number of unbranched alkanes of at least 4 members (excludes halogenated alkanes) is 2. The van der Waals surface area contributed by atoms with Gasteiger partial charge in [-0.25, -0.2) is 13.2 Å². The van der Waals surface area contributed by atoms with E-state index in [9.17, 15) is 17.6 Å². The van der Waals surface area contributed by atoms with Crippen LogP contribution in [0.5, 0.6) is 5.75 Å². The largest absolute Gasteiger partial charge is 0.429 e. The zero-order valence-corrected chi connectivity index (χ0v) is 18.6. The number of rotatable bonds is 8. The van der Waals surface area contributed by atoms with Crippen LogP contribution < -0.4 is 4.74 Å². The van der Waals surface area contributed by atoms with E-state index in [4.69, 9.17) is 0 Å². The minimum atomic E-state index is -3.38. The lowest BCUT2D eigenvalue weighted by atomic mass is 9.96. The van der Waals surface area contributed by atoms with Gasteiger partial charge in [-0.1, -0.05) is 68.3 Å². The Morgan fingerprint density at radius 2 is 1.41 bits per heavy atom. The van der Waals surface area contributed by atoms with Crippen LogP contribution in [0.3, 0.4) is 0 Å². The fourth-order valence-electron chi connectivity index (χ4n) is 4.05. The molecular weight excluding hydrogens is 447 g/mol. The molecule has 0 aromatic heterocycles. The van der Waals surface area contributed by atoms with Gasteiger partial charge < -0.3 is 4.74 Å². The number of benzene rings is 4. The predicted molar refractivity (Wildman–Crippen MR) is 125 cm³/mol. The van der Waals surface area contributed by atoms with E-state index in [1.165, 1.54) is 24.5 Å². The highest BCUT2D eigenvalue weighted by Crippen LogP contribution is 2.35. The van der Waals surface area contributed by atoms with Crippen molar-refractivity contribution in [2.24, 2.45) is 0 Å². The van der Waals surface area contributed by atoms with E-state index in [2.05, 4.69) is 23.8 Å². The molecule has 1 nitrogen and oxygen atoms in total. The Labute approximate surface area is 194 Å². The minimum absolute atomic E-state index is 0.0434. The van der Waals surface area contributed by atoms with Crippen LogP contribution in [0.15, 0.2) is 66.7 Å². The Morgan fingerprint density at radius 3 is 2.06 bits per heavy atom. The normalized spacial score (nSPS) is 11.4. The first-order valence-electron chi connectivity index (χ1n) is 11.1. The van der Waals surface area contributed by atoms with Gasteiger partial charge in [-0.2, -0.15) is 8.78 Å². The van der Waals surface area contributed by atoms with Gasteiger partial charge in [-0.05, 0) is 58.7 Å². The molecule has 0 aliphatic carbocycles. The molecule has 0 saturated carbocycles. The summed E-state index contributed by atoms with van der Waals surface area (Å²) in [5.74, 6) is -4.51. The first kappa shape index (κ1) is 23.7. The Hall–Kier alpha value is -3.41. The highest BCUT2D eigenvalue weighted by Gasteiger charge is 2.19. The number of aryl methyl sites for hydroxylation is 1. The van der Waals surface area contributed by atoms with Gasteiger partial charge in [0.2, 0.25) is 0 Å². The van der Waals surface area contributed by atoms with Crippen molar-refractivity contribution >= 4 is 10.8 Å². The van der Waals surface area contributed by atoms with Gasteiger partial charge in [0, 0.05) is 10.9 Å². The highest BCUT2D eigenvalue weighted by atomic mass is 19.3. The predicted octanol–water partition coefficient (Wildman–Crippen LogP) is 8.93. The van der Waals surface area contributed by atoms with Crippen molar-refractivity contribution in [3.63, 3.8) is 0 Å². The Bertz CT molecular complexity index is 1280. The van der Waals surface area contributed by atoms with Crippen LogP contribution in [0.2, 0.25) is 0 Å². The highest BCUT2D eigenvalue weighted by molar-refractivity contribution is 5.91. The van der Waals surface area contributed by atoms with Crippen molar-refractivity contribution in [3.8, 4) is 28.0 Å². The van der Waals surface area contributed by atoms with Crippen LogP contribution >= 0.6 is 0 Å². The van der Waals surface area contributed by atoms with Crippen LogP contribution in [0.1, 0.15) is 31.7 Å². The number of ether oxygens (including phenoxy) is 1. The molecule has 0 unspecified atom stereocenters. The lowest BCUT2D eigenvalue weighted by molar-refractivity contribution is -0.0546. The van der Waals surface area contributed by atoms with Crippen molar-refractivity contribution in [2.75, 3.05) is 0 Å². The maximum Gasteiger partial charge on any atom is 0.387 e. The molecule has 34 heavy (non-hydrogen) atoms. The molecule has 0 atom stereocenters. The van der Waals surface area contributed by atoms with Crippen LogP contribution in [-0.4, -0.2) is 6.61 Å². The lowest BCUT2D eigenvalue weighted by Crippen LogP contribution is -2.06. The van der Waals surface area contributed by atoms with Gasteiger partial charge in [0.1, 0.15) is 5.82 Å². The fraction of sp³-hybridized carbons (Fsp3) is 0.214. The zero-order chi connectivity index (χ0) is 24.2. The average molecular weight is 470 g/mol. The topological polar surface area (TPSA) is 9.23 Å². The summed E-state index contributed by atoms with van der Waals surface area (Å²) in [5, 5.41) is 0.913. The van der Waals surface area contributed by atoms with E-state index in [0.717, 1.165) is 36.1 Å². The van der Waals surface area contributed by atoms with Crippen LogP contribution in [-0.2, 0) is 6.42 Å². The van der Waals surface area contributed by atoms with E-state index in [0.29, 0.717) is 5.39 Å². The molecule has 0 aliphatic rings. The maximum atomic E-state index is 15.3. The van der Waals surface area contributed by atoms with Gasteiger partial charge in [0.15, 0.2) is 17.4 Å². The van der Waals surface area contributed by atoms with E-state index >= 15 is 4.39 Å². The second-order valence-corrected chi connectivity index (χ2v) is 8.16. The number of halogens is 5. The third-order valence-electron chi connectivity index (χ3n) is 5.83. The van der Waals surface area contributed by atoms with Crippen LogP contribution in [0.4, 0.5) is 22.0 Å². The zero-order valence-electron chi connectivity index (χ0n) is 18.6. The Balaban J connectivity index is 1.64. The number of hydrogen-bond acceptors (Lipinski definition) is 1. The van der Waals surface area contributed by atoms with Gasteiger partial charge >= 0.3 is 6.61 Å². The summed E-state index contributed by atoms with van der Waals surface area (Å²) in [5.41, 5.74) is 3.05. The third-order valence-corrected chi connectivity index (χ3v) is 5.83. The molecule has 0 radical (unpaired) electrons. The average Bonchev–Trinajstić information content (AvgIpc) is 2.82. The molecular formula is C28H23F5O. The quantitative estimate of drug-likeness (QED) is 0.184. The molecule has 6 heteroatoms. The van der Waals surface area contributed by atoms with Gasteiger partial charge in [-0.3, -0.25) is 0 Å². The molecule has 4 aromatic rings. The van der Waals surface area contributed by atoms with Crippen molar-refractivity contribution in [2.45, 2.75) is 39.2 Å². The van der Waals surface area contributed by atoms with E-state index in [1.807, 2.05) is 18.2 Å². The van der Waals surface area contributed by atoms with Gasteiger partial charge in [0.05, 0.1) is 0 Å². The lowest BCUT2D eigenvalue weighted by Gasteiger charge is -2.12. The maximum absolute atomic E-state index is 15.3. The summed E-state index contributed by atoms with van der Waals surface area (Å²) in [7, 11) is 0. The second kappa shape index (κ2) is 10.2. The van der Waals surface area contributed by atoms with E-state index in [-0.39, 0.29) is 16.5 Å². The molecule has 0 bridgehead atoms.